The minimum absolute atomic E-state index is 0. The van der Waals surface area contributed by atoms with Gasteiger partial charge in [0.1, 0.15) is 6.10 Å². The van der Waals surface area contributed by atoms with Crippen molar-refractivity contribution in [3.63, 3.8) is 0 Å². The highest BCUT2D eigenvalue weighted by Gasteiger charge is 2.27. The number of ether oxygens (including phenoxy) is 2. The molecular formula is C34H34ClNO2. The fourth-order valence-electron chi connectivity index (χ4n) is 5.67. The molecule has 194 valence electrons. The standard InChI is InChI=1S/C34H33NO2.ClH/c1-36-34(31-17-12-26-7-3-5-9-30(26)21-31)28-15-13-27(14-16-28)32-18-19-35-22-33(32)37-23-24-10-11-25-6-2-4-8-29(25)20-24;/h2-17,20-21,32-35H,18-19,22-23H2,1H3;1H. The summed E-state index contributed by atoms with van der Waals surface area (Å²) in [7, 11) is 1.79. The topological polar surface area (TPSA) is 30.5 Å². The zero-order chi connectivity index (χ0) is 25.0. The fraction of sp³-hybridized carbons (Fsp3) is 0.235. The summed E-state index contributed by atoms with van der Waals surface area (Å²) >= 11 is 0. The van der Waals surface area contributed by atoms with E-state index in [-0.39, 0.29) is 24.6 Å². The van der Waals surface area contributed by atoms with Crippen LogP contribution in [0.25, 0.3) is 21.5 Å². The van der Waals surface area contributed by atoms with Crippen molar-refractivity contribution in [3.05, 3.63) is 131 Å². The van der Waals surface area contributed by atoms with Gasteiger partial charge in [0.15, 0.2) is 0 Å². The molecular weight excluding hydrogens is 490 g/mol. The molecule has 0 spiro atoms. The first-order chi connectivity index (χ1) is 18.3. The van der Waals surface area contributed by atoms with E-state index >= 15 is 0 Å². The number of hydrogen-bond acceptors (Lipinski definition) is 3. The lowest BCUT2D eigenvalue weighted by molar-refractivity contribution is 0.0106. The SMILES string of the molecule is COC(c1ccc(C2CCNCC2OCc2ccc3ccccc3c2)cc1)c1ccc2ccccc2c1.Cl. The number of benzene rings is 5. The van der Waals surface area contributed by atoms with Gasteiger partial charge in [-0.2, -0.15) is 0 Å². The first-order valence-corrected chi connectivity index (χ1v) is 13.2. The lowest BCUT2D eigenvalue weighted by Crippen LogP contribution is -2.41. The molecule has 38 heavy (non-hydrogen) atoms. The Bertz CT molecular complexity index is 1500. The van der Waals surface area contributed by atoms with Crippen LogP contribution in [0.5, 0.6) is 0 Å². The van der Waals surface area contributed by atoms with Gasteiger partial charge in [0.2, 0.25) is 0 Å². The molecule has 3 atom stereocenters. The molecule has 5 aromatic rings. The lowest BCUT2D eigenvalue weighted by Gasteiger charge is -2.33. The maximum Gasteiger partial charge on any atom is 0.107 e. The third-order valence-electron chi connectivity index (χ3n) is 7.68. The van der Waals surface area contributed by atoms with E-state index < -0.39 is 0 Å². The lowest BCUT2D eigenvalue weighted by atomic mass is 9.86. The van der Waals surface area contributed by atoms with E-state index in [4.69, 9.17) is 9.47 Å². The van der Waals surface area contributed by atoms with Crippen LogP contribution in [-0.2, 0) is 16.1 Å². The van der Waals surface area contributed by atoms with Gasteiger partial charge >= 0.3 is 0 Å². The molecule has 0 bridgehead atoms. The van der Waals surface area contributed by atoms with Crippen LogP contribution in [0.4, 0.5) is 0 Å². The molecule has 1 saturated heterocycles. The number of halogens is 1. The summed E-state index contributed by atoms with van der Waals surface area (Å²) in [5.41, 5.74) is 4.90. The molecule has 1 N–H and O–H groups in total. The van der Waals surface area contributed by atoms with Gasteiger partial charge in [-0.3, -0.25) is 0 Å². The molecule has 3 nitrogen and oxygen atoms in total. The van der Waals surface area contributed by atoms with Gasteiger partial charge in [0, 0.05) is 19.6 Å². The average Bonchev–Trinajstić information content (AvgIpc) is 2.97. The summed E-state index contributed by atoms with van der Waals surface area (Å²) < 4.78 is 12.5. The quantitative estimate of drug-likeness (QED) is 0.236. The first-order valence-electron chi connectivity index (χ1n) is 13.2. The maximum atomic E-state index is 6.51. The number of piperidine rings is 1. The van der Waals surface area contributed by atoms with Crippen molar-refractivity contribution in [2.75, 3.05) is 20.2 Å². The zero-order valence-electron chi connectivity index (χ0n) is 21.7. The number of rotatable bonds is 7. The van der Waals surface area contributed by atoms with Crippen LogP contribution in [0.1, 0.15) is 40.7 Å². The molecule has 1 aliphatic heterocycles. The number of methoxy groups -OCH3 is 1. The van der Waals surface area contributed by atoms with Crippen LogP contribution >= 0.6 is 12.4 Å². The Morgan fingerprint density at radius 1 is 0.737 bits per heavy atom. The highest BCUT2D eigenvalue weighted by Crippen LogP contribution is 2.32. The third kappa shape index (κ3) is 5.62. The van der Waals surface area contributed by atoms with Gasteiger partial charge < -0.3 is 14.8 Å². The summed E-state index contributed by atoms with van der Waals surface area (Å²) in [6.45, 7) is 2.51. The van der Waals surface area contributed by atoms with E-state index in [1.54, 1.807) is 7.11 Å². The van der Waals surface area contributed by atoms with Crippen molar-refractivity contribution in [3.8, 4) is 0 Å². The van der Waals surface area contributed by atoms with Crippen molar-refractivity contribution < 1.29 is 9.47 Å². The summed E-state index contributed by atoms with van der Waals surface area (Å²) in [5, 5.41) is 8.54. The van der Waals surface area contributed by atoms with Crippen LogP contribution in [0.3, 0.4) is 0 Å². The minimum atomic E-state index is -0.0911. The van der Waals surface area contributed by atoms with Gasteiger partial charge in [0.05, 0.1) is 12.7 Å². The molecule has 0 saturated carbocycles. The maximum absolute atomic E-state index is 6.51. The van der Waals surface area contributed by atoms with Crippen molar-refractivity contribution in [1.29, 1.82) is 0 Å². The summed E-state index contributed by atoms with van der Waals surface area (Å²) in [6, 6.07) is 39.1. The van der Waals surface area contributed by atoms with E-state index in [1.165, 1.54) is 43.8 Å². The molecule has 4 heteroatoms. The highest BCUT2D eigenvalue weighted by molar-refractivity contribution is 5.85. The molecule has 1 heterocycles. The second kappa shape index (κ2) is 12.1. The minimum Gasteiger partial charge on any atom is -0.372 e. The largest absolute Gasteiger partial charge is 0.372 e. The van der Waals surface area contributed by atoms with Crippen LogP contribution in [0.2, 0.25) is 0 Å². The summed E-state index contributed by atoms with van der Waals surface area (Å²) in [4.78, 5) is 0. The van der Waals surface area contributed by atoms with Crippen LogP contribution in [0.15, 0.2) is 109 Å². The Balaban J connectivity index is 0.00000294. The van der Waals surface area contributed by atoms with Gasteiger partial charge in [-0.25, -0.2) is 0 Å². The molecule has 0 radical (unpaired) electrons. The number of nitrogens with one attached hydrogen (secondary N) is 1. The first kappa shape index (κ1) is 26.4. The van der Waals surface area contributed by atoms with Crippen molar-refractivity contribution in [2.24, 2.45) is 0 Å². The molecule has 1 aliphatic rings. The zero-order valence-corrected chi connectivity index (χ0v) is 22.5. The molecule has 1 fully saturated rings. The predicted molar refractivity (Wildman–Crippen MR) is 159 cm³/mol. The number of fused-ring (bicyclic) bond motifs is 2. The van der Waals surface area contributed by atoms with Gasteiger partial charge in [0.25, 0.3) is 0 Å². The highest BCUT2D eigenvalue weighted by atomic mass is 35.5. The fourth-order valence-corrected chi connectivity index (χ4v) is 5.67. The number of hydrogen-bond donors (Lipinski definition) is 1. The normalized spacial score (nSPS) is 18.2. The van der Waals surface area contributed by atoms with Crippen LogP contribution in [0, 0.1) is 0 Å². The Hall–Kier alpha value is -3.21. The van der Waals surface area contributed by atoms with Crippen molar-refractivity contribution in [2.45, 2.75) is 31.2 Å². The Morgan fingerprint density at radius 2 is 1.37 bits per heavy atom. The van der Waals surface area contributed by atoms with E-state index in [0.29, 0.717) is 12.5 Å². The molecule has 3 unspecified atom stereocenters. The summed E-state index contributed by atoms with van der Waals surface area (Å²) in [5.74, 6) is 0.373. The van der Waals surface area contributed by atoms with E-state index in [1.807, 2.05) is 0 Å². The molecule has 0 aliphatic carbocycles. The smallest absolute Gasteiger partial charge is 0.107 e. The van der Waals surface area contributed by atoms with E-state index in [9.17, 15) is 0 Å². The Morgan fingerprint density at radius 3 is 2.08 bits per heavy atom. The summed E-state index contributed by atoms with van der Waals surface area (Å²) in [6.07, 6.45) is 1.12. The Labute approximate surface area is 231 Å². The van der Waals surface area contributed by atoms with Gasteiger partial charge in [-0.1, -0.05) is 97.1 Å². The van der Waals surface area contributed by atoms with E-state index in [2.05, 4.69) is 115 Å². The molecule has 6 rings (SSSR count). The third-order valence-corrected chi connectivity index (χ3v) is 7.68. The van der Waals surface area contributed by atoms with Gasteiger partial charge in [-0.05, 0) is 68.9 Å². The molecule has 0 aromatic heterocycles. The molecule has 5 aromatic carbocycles. The monoisotopic (exact) mass is 523 g/mol. The Kier molecular flexibility index (Phi) is 8.41. The predicted octanol–water partition coefficient (Wildman–Crippen LogP) is 7.81. The second-order valence-corrected chi connectivity index (χ2v) is 10.0. The van der Waals surface area contributed by atoms with Crippen molar-refractivity contribution in [1.82, 2.24) is 5.32 Å². The average molecular weight is 524 g/mol. The van der Waals surface area contributed by atoms with Crippen LogP contribution in [-0.4, -0.2) is 26.3 Å². The second-order valence-electron chi connectivity index (χ2n) is 10.0. The molecule has 0 amide bonds. The van der Waals surface area contributed by atoms with Crippen molar-refractivity contribution >= 4 is 34.0 Å². The van der Waals surface area contributed by atoms with Crippen LogP contribution < -0.4 is 5.32 Å². The van der Waals surface area contributed by atoms with E-state index in [0.717, 1.165) is 19.5 Å². The van der Waals surface area contributed by atoms with Gasteiger partial charge in [-0.15, -0.1) is 12.4 Å².